The van der Waals surface area contributed by atoms with Crippen molar-refractivity contribution in [2.24, 2.45) is 0 Å². The van der Waals surface area contributed by atoms with Crippen LogP contribution in [0.3, 0.4) is 0 Å². The molecular formula is C15H14NO4S-. The van der Waals surface area contributed by atoms with Gasteiger partial charge in [-0.25, -0.2) is 8.42 Å². The number of carbonyl (C=O) groups is 1. The van der Waals surface area contributed by atoms with Crippen LogP contribution in [0.15, 0.2) is 59.5 Å². The van der Waals surface area contributed by atoms with Gasteiger partial charge in [-0.3, -0.25) is 4.31 Å². The predicted molar refractivity (Wildman–Crippen MR) is 77.2 cm³/mol. The SMILES string of the molecule is Cc1ccccc1N(CC(=O)[O-])S(=O)(=O)c1ccccc1. The van der Waals surface area contributed by atoms with Crippen LogP contribution in [0.5, 0.6) is 0 Å². The maximum Gasteiger partial charge on any atom is 0.264 e. The molecule has 0 atom stereocenters. The summed E-state index contributed by atoms with van der Waals surface area (Å²) in [4.78, 5) is 11.0. The van der Waals surface area contributed by atoms with Gasteiger partial charge in [0, 0.05) is 0 Å². The smallest absolute Gasteiger partial charge is 0.264 e. The lowest BCUT2D eigenvalue weighted by molar-refractivity contribution is -0.303. The van der Waals surface area contributed by atoms with Gasteiger partial charge in [-0.1, -0.05) is 36.4 Å². The zero-order valence-corrected chi connectivity index (χ0v) is 12.2. The molecule has 0 bridgehead atoms. The fourth-order valence-corrected chi connectivity index (χ4v) is 3.47. The Bertz CT molecular complexity index is 741. The monoisotopic (exact) mass is 304 g/mol. The first-order chi connectivity index (χ1) is 9.93. The molecule has 21 heavy (non-hydrogen) atoms. The topological polar surface area (TPSA) is 77.5 Å². The highest BCUT2D eigenvalue weighted by atomic mass is 32.2. The molecule has 0 saturated heterocycles. The Hall–Kier alpha value is -2.34. The van der Waals surface area contributed by atoms with Crippen molar-refractivity contribution in [1.29, 1.82) is 0 Å². The van der Waals surface area contributed by atoms with E-state index >= 15 is 0 Å². The minimum absolute atomic E-state index is 0.0366. The first-order valence-corrected chi connectivity index (χ1v) is 7.70. The molecular weight excluding hydrogens is 290 g/mol. The number of hydrogen-bond acceptors (Lipinski definition) is 4. The summed E-state index contributed by atoms with van der Waals surface area (Å²) in [5, 5.41) is 11.0. The minimum Gasteiger partial charge on any atom is -0.548 e. The van der Waals surface area contributed by atoms with Gasteiger partial charge in [-0.05, 0) is 30.7 Å². The van der Waals surface area contributed by atoms with Gasteiger partial charge in [0.15, 0.2) is 0 Å². The Balaban J connectivity index is 2.56. The number of aryl methyl sites for hydroxylation is 1. The molecule has 2 aromatic rings. The van der Waals surface area contributed by atoms with Crippen molar-refractivity contribution in [3.63, 3.8) is 0 Å². The number of benzene rings is 2. The van der Waals surface area contributed by atoms with Gasteiger partial charge in [-0.2, -0.15) is 0 Å². The number of sulfonamides is 1. The number of para-hydroxylation sites is 1. The second-order valence-corrected chi connectivity index (χ2v) is 6.35. The molecule has 0 unspecified atom stereocenters. The van der Waals surface area contributed by atoms with Crippen molar-refractivity contribution in [1.82, 2.24) is 0 Å². The average Bonchev–Trinajstić information content (AvgIpc) is 2.46. The molecule has 0 aliphatic heterocycles. The first kappa shape index (κ1) is 15.1. The third-order valence-corrected chi connectivity index (χ3v) is 4.76. The summed E-state index contributed by atoms with van der Waals surface area (Å²) in [6.45, 7) is 0.986. The molecule has 0 radical (unpaired) electrons. The van der Waals surface area contributed by atoms with Crippen molar-refractivity contribution in [2.75, 3.05) is 10.8 Å². The van der Waals surface area contributed by atoms with Gasteiger partial charge in [0.1, 0.15) is 0 Å². The molecule has 2 aromatic carbocycles. The summed E-state index contributed by atoms with van der Waals surface area (Å²) in [6, 6.07) is 14.4. The van der Waals surface area contributed by atoms with Gasteiger partial charge in [0.05, 0.1) is 23.1 Å². The number of aliphatic carboxylic acids is 1. The Morgan fingerprint density at radius 3 is 2.19 bits per heavy atom. The third-order valence-electron chi connectivity index (χ3n) is 2.99. The molecule has 0 spiro atoms. The standard InChI is InChI=1S/C15H15NO4S/c1-12-7-5-6-10-14(12)16(11-15(17)18)21(19,20)13-8-3-2-4-9-13/h2-10H,11H2,1H3,(H,17,18)/p-1. The van der Waals surface area contributed by atoms with Gasteiger partial charge >= 0.3 is 0 Å². The fourth-order valence-electron chi connectivity index (χ4n) is 1.98. The van der Waals surface area contributed by atoms with Crippen LogP contribution in [0.1, 0.15) is 5.56 Å². The molecule has 6 heteroatoms. The highest BCUT2D eigenvalue weighted by molar-refractivity contribution is 7.92. The van der Waals surface area contributed by atoms with Crippen molar-refractivity contribution in [2.45, 2.75) is 11.8 Å². The fraction of sp³-hybridized carbons (Fsp3) is 0.133. The van der Waals surface area contributed by atoms with E-state index in [1.807, 2.05) is 0 Å². The van der Waals surface area contributed by atoms with E-state index in [-0.39, 0.29) is 4.90 Å². The highest BCUT2D eigenvalue weighted by Crippen LogP contribution is 2.26. The molecule has 110 valence electrons. The van der Waals surface area contributed by atoms with E-state index in [4.69, 9.17) is 0 Å². The number of nitrogens with zero attached hydrogens (tertiary/aromatic N) is 1. The Morgan fingerprint density at radius 1 is 1.05 bits per heavy atom. The zero-order valence-electron chi connectivity index (χ0n) is 11.4. The van der Waals surface area contributed by atoms with Gasteiger partial charge in [0.25, 0.3) is 10.0 Å². The van der Waals surface area contributed by atoms with Crippen LogP contribution in [0, 0.1) is 6.92 Å². The van der Waals surface area contributed by atoms with Crippen molar-refractivity contribution in [3.05, 3.63) is 60.2 Å². The first-order valence-electron chi connectivity index (χ1n) is 6.26. The van der Waals surface area contributed by atoms with Crippen molar-refractivity contribution < 1.29 is 18.3 Å². The van der Waals surface area contributed by atoms with Crippen LogP contribution in [-0.2, 0) is 14.8 Å². The van der Waals surface area contributed by atoms with Gasteiger partial charge < -0.3 is 9.90 Å². The van der Waals surface area contributed by atoms with Crippen LogP contribution < -0.4 is 9.41 Å². The maximum atomic E-state index is 12.7. The highest BCUT2D eigenvalue weighted by Gasteiger charge is 2.25. The molecule has 0 aliphatic rings. The summed E-state index contributed by atoms with van der Waals surface area (Å²) >= 11 is 0. The lowest BCUT2D eigenvalue weighted by Crippen LogP contribution is -2.42. The van der Waals surface area contributed by atoms with E-state index < -0.39 is 22.5 Å². The second kappa shape index (κ2) is 5.97. The molecule has 5 nitrogen and oxygen atoms in total. The van der Waals surface area contributed by atoms with Crippen molar-refractivity contribution >= 4 is 21.7 Å². The van der Waals surface area contributed by atoms with E-state index in [1.165, 1.54) is 12.1 Å². The summed E-state index contributed by atoms with van der Waals surface area (Å²) < 4.78 is 26.2. The summed E-state index contributed by atoms with van der Waals surface area (Å²) in [5.74, 6) is -1.46. The molecule has 0 fully saturated rings. The molecule has 0 heterocycles. The van der Waals surface area contributed by atoms with Crippen LogP contribution in [0.2, 0.25) is 0 Å². The number of anilines is 1. The van der Waals surface area contributed by atoms with E-state index in [0.29, 0.717) is 11.3 Å². The van der Waals surface area contributed by atoms with E-state index in [0.717, 1.165) is 4.31 Å². The molecule has 2 rings (SSSR count). The molecule has 0 N–H and O–H groups in total. The zero-order chi connectivity index (χ0) is 15.5. The molecule has 0 amide bonds. The quantitative estimate of drug-likeness (QED) is 0.823. The normalized spacial score (nSPS) is 11.1. The van der Waals surface area contributed by atoms with Crippen LogP contribution in [0.4, 0.5) is 5.69 Å². The largest absolute Gasteiger partial charge is 0.548 e. The summed E-state index contributed by atoms with van der Waals surface area (Å²) in [6.07, 6.45) is 0. The molecule has 0 saturated carbocycles. The maximum absolute atomic E-state index is 12.7. The molecule has 0 aromatic heterocycles. The number of carboxylic acids is 1. The Labute approximate surface area is 123 Å². The number of carboxylic acid groups (broad SMARTS) is 1. The Morgan fingerprint density at radius 2 is 1.62 bits per heavy atom. The van der Waals surface area contributed by atoms with Crippen molar-refractivity contribution in [3.8, 4) is 0 Å². The molecule has 0 aliphatic carbocycles. The summed E-state index contributed by atoms with van der Waals surface area (Å²) in [7, 11) is -3.96. The second-order valence-electron chi connectivity index (χ2n) is 4.48. The average molecular weight is 304 g/mol. The number of hydrogen-bond donors (Lipinski definition) is 0. The van der Waals surface area contributed by atoms with E-state index in [2.05, 4.69) is 0 Å². The summed E-state index contributed by atoms with van der Waals surface area (Å²) in [5.41, 5.74) is 0.990. The predicted octanol–water partition coefficient (Wildman–Crippen LogP) is 0.940. The number of rotatable bonds is 5. The lowest BCUT2D eigenvalue weighted by atomic mass is 10.2. The van der Waals surface area contributed by atoms with Crippen LogP contribution >= 0.6 is 0 Å². The van der Waals surface area contributed by atoms with Crippen LogP contribution in [0.25, 0.3) is 0 Å². The van der Waals surface area contributed by atoms with E-state index in [1.54, 1.807) is 49.4 Å². The van der Waals surface area contributed by atoms with Crippen LogP contribution in [-0.4, -0.2) is 20.9 Å². The Kier molecular flexibility index (Phi) is 4.28. The van der Waals surface area contributed by atoms with E-state index in [9.17, 15) is 18.3 Å². The number of carbonyl (C=O) groups excluding carboxylic acids is 1. The van der Waals surface area contributed by atoms with Gasteiger partial charge in [-0.15, -0.1) is 0 Å². The minimum atomic E-state index is -3.96. The lowest BCUT2D eigenvalue weighted by Gasteiger charge is -2.26. The third kappa shape index (κ3) is 3.22. The van der Waals surface area contributed by atoms with Gasteiger partial charge in [0.2, 0.25) is 0 Å².